The molecule has 0 aliphatic carbocycles. The average Bonchev–Trinajstić information content (AvgIpc) is 1.83. The van der Waals surface area contributed by atoms with Gasteiger partial charge < -0.3 is 4.52 Å². The Morgan fingerprint density at radius 1 is 1.75 bits per heavy atom. The van der Waals surface area contributed by atoms with Crippen LogP contribution >= 0.6 is 8.25 Å². The number of rotatable bonds is 4. The predicted molar refractivity (Wildman–Crippen MR) is 31.0 cm³/mol. The monoisotopic (exact) mass is 139 g/mol. The molecule has 0 aliphatic rings. The van der Waals surface area contributed by atoms with Crippen molar-refractivity contribution in [2.75, 3.05) is 20.9 Å². The van der Waals surface area contributed by atoms with Crippen molar-refractivity contribution in [2.24, 2.45) is 0 Å². The fourth-order valence-corrected chi connectivity index (χ4v) is 0.570. The Balaban J connectivity index is 2.99. The number of nitrogens with one attached hydrogen (secondary N) is 1. The van der Waals surface area contributed by atoms with Crippen molar-refractivity contribution in [3.8, 4) is 0 Å². The van der Waals surface area contributed by atoms with Crippen LogP contribution in [-0.4, -0.2) is 20.9 Å². The fraction of sp³-hybridized carbons (Fsp3) is 1.00. The summed E-state index contributed by atoms with van der Waals surface area (Å²) in [6.07, 6.45) is 0. The lowest BCUT2D eigenvalue weighted by atomic mass is 11.2. The number of hydrogen-bond acceptors (Lipinski definition) is 4. The second-order valence-corrected chi connectivity index (χ2v) is 2.29. The summed E-state index contributed by atoms with van der Waals surface area (Å²) >= 11 is 0. The van der Waals surface area contributed by atoms with Crippen molar-refractivity contribution in [2.45, 2.75) is 0 Å². The molecule has 5 heteroatoms. The van der Waals surface area contributed by atoms with E-state index in [0.29, 0.717) is 0 Å². The molecule has 0 aromatic heterocycles. The molecule has 1 unspecified atom stereocenters. The summed E-state index contributed by atoms with van der Waals surface area (Å²) in [6.45, 7) is 0.269. The highest BCUT2D eigenvalue weighted by Gasteiger charge is 1.90. The summed E-state index contributed by atoms with van der Waals surface area (Å²) in [4.78, 5) is 0. The first kappa shape index (κ1) is 8.11. The van der Waals surface area contributed by atoms with Crippen molar-refractivity contribution in [1.29, 1.82) is 0 Å². The molecule has 0 aliphatic heterocycles. The van der Waals surface area contributed by atoms with E-state index in [9.17, 15) is 4.57 Å². The van der Waals surface area contributed by atoms with Gasteiger partial charge in [0.15, 0.2) is 0 Å². The van der Waals surface area contributed by atoms with E-state index >= 15 is 0 Å². The molecule has 4 nitrogen and oxygen atoms in total. The third-order valence-electron chi connectivity index (χ3n) is 0.501. The molecular weight excluding hydrogens is 129 g/mol. The lowest BCUT2D eigenvalue weighted by molar-refractivity contribution is 0.244. The SMILES string of the molecule is CNCO[PH](=O)OC. The summed E-state index contributed by atoms with van der Waals surface area (Å²) in [5, 5.41) is 2.66. The van der Waals surface area contributed by atoms with Crippen LogP contribution in [0, 0.1) is 0 Å². The molecule has 0 saturated heterocycles. The minimum atomic E-state index is -2.20. The maximum Gasteiger partial charge on any atom is 0.320 e. The Hall–Kier alpha value is 0.110. The van der Waals surface area contributed by atoms with E-state index < -0.39 is 8.25 Å². The van der Waals surface area contributed by atoms with Gasteiger partial charge in [0.25, 0.3) is 0 Å². The standard InChI is InChI=1S/C3H10NO3P/c1-4-3-7-8(5)6-2/h4,8H,3H2,1-2H3. The molecule has 50 valence electrons. The minimum Gasteiger partial charge on any atom is -0.314 e. The highest BCUT2D eigenvalue weighted by atomic mass is 31.1. The maximum absolute atomic E-state index is 10.3. The Kier molecular flexibility index (Phi) is 5.32. The van der Waals surface area contributed by atoms with Crippen LogP contribution in [0.15, 0.2) is 0 Å². The van der Waals surface area contributed by atoms with Crippen LogP contribution < -0.4 is 5.32 Å². The zero-order valence-corrected chi connectivity index (χ0v) is 5.93. The smallest absolute Gasteiger partial charge is 0.314 e. The van der Waals surface area contributed by atoms with Crippen molar-refractivity contribution in [1.82, 2.24) is 5.32 Å². The second kappa shape index (κ2) is 5.25. The van der Waals surface area contributed by atoms with Crippen molar-refractivity contribution >= 4 is 8.25 Å². The van der Waals surface area contributed by atoms with E-state index in [1.165, 1.54) is 7.11 Å². The highest BCUT2D eigenvalue weighted by molar-refractivity contribution is 7.33. The van der Waals surface area contributed by atoms with Gasteiger partial charge >= 0.3 is 8.25 Å². The van der Waals surface area contributed by atoms with Crippen LogP contribution in [0.3, 0.4) is 0 Å². The van der Waals surface area contributed by atoms with Crippen LogP contribution in [-0.2, 0) is 13.6 Å². The van der Waals surface area contributed by atoms with Gasteiger partial charge in [0.2, 0.25) is 0 Å². The number of hydrogen-bond donors (Lipinski definition) is 1. The summed E-state index contributed by atoms with van der Waals surface area (Å²) in [5.41, 5.74) is 0. The van der Waals surface area contributed by atoms with Gasteiger partial charge in [0, 0.05) is 7.11 Å². The van der Waals surface area contributed by atoms with Gasteiger partial charge in [0.1, 0.15) is 6.73 Å². The van der Waals surface area contributed by atoms with Gasteiger partial charge in [-0.2, -0.15) is 0 Å². The molecule has 1 atom stereocenters. The van der Waals surface area contributed by atoms with E-state index in [-0.39, 0.29) is 6.73 Å². The van der Waals surface area contributed by atoms with Gasteiger partial charge in [0.05, 0.1) is 0 Å². The van der Waals surface area contributed by atoms with Gasteiger partial charge in [-0.1, -0.05) is 0 Å². The topological polar surface area (TPSA) is 47.6 Å². The zero-order chi connectivity index (χ0) is 6.41. The van der Waals surface area contributed by atoms with Crippen molar-refractivity contribution in [3.63, 3.8) is 0 Å². The third kappa shape index (κ3) is 4.27. The van der Waals surface area contributed by atoms with Crippen LogP contribution in [0.5, 0.6) is 0 Å². The normalized spacial score (nSPS) is 13.8. The molecule has 0 saturated carbocycles. The van der Waals surface area contributed by atoms with Crippen molar-refractivity contribution < 1.29 is 13.6 Å². The van der Waals surface area contributed by atoms with Crippen LogP contribution in [0.25, 0.3) is 0 Å². The molecule has 0 heterocycles. The summed E-state index contributed by atoms with van der Waals surface area (Å²) < 4.78 is 19.2. The largest absolute Gasteiger partial charge is 0.320 e. The Labute approximate surface area is 49.1 Å². The molecule has 0 spiro atoms. The molecule has 0 rings (SSSR count). The molecule has 0 aromatic carbocycles. The second-order valence-electron chi connectivity index (χ2n) is 1.10. The van der Waals surface area contributed by atoms with Crippen LogP contribution in [0.4, 0.5) is 0 Å². The molecule has 0 aromatic rings. The van der Waals surface area contributed by atoms with Gasteiger partial charge in [-0.05, 0) is 7.05 Å². The van der Waals surface area contributed by atoms with E-state index in [1.54, 1.807) is 7.05 Å². The first-order valence-corrected chi connectivity index (χ1v) is 3.39. The lowest BCUT2D eigenvalue weighted by Gasteiger charge is -1.98. The fourth-order valence-electron chi connectivity index (χ4n) is 0.190. The van der Waals surface area contributed by atoms with E-state index in [1.807, 2.05) is 0 Å². The maximum atomic E-state index is 10.3. The Bertz CT molecular complexity index is 76.9. The summed E-state index contributed by atoms with van der Waals surface area (Å²) in [5.74, 6) is 0. The van der Waals surface area contributed by atoms with Gasteiger partial charge in [-0.25, -0.2) is 0 Å². The van der Waals surface area contributed by atoms with Crippen molar-refractivity contribution in [3.05, 3.63) is 0 Å². The van der Waals surface area contributed by atoms with E-state index in [0.717, 1.165) is 0 Å². The highest BCUT2D eigenvalue weighted by Crippen LogP contribution is 2.19. The van der Waals surface area contributed by atoms with Gasteiger partial charge in [-0.3, -0.25) is 14.4 Å². The molecule has 0 amide bonds. The van der Waals surface area contributed by atoms with E-state index in [2.05, 4.69) is 14.4 Å². The molecule has 0 radical (unpaired) electrons. The van der Waals surface area contributed by atoms with Crippen LogP contribution in [0.2, 0.25) is 0 Å². The molecule has 1 N–H and O–H groups in total. The molecule has 0 bridgehead atoms. The molecular formula is C3H10NO3P. The summed E-state index contributed by atoms with van der Waals surface area (Å²) in [6, 6.07) is 0. The Morgan fingerprint density at radius 3 is 2.75 bits per heavy atom. The predicted octanol–water partition coefficient (Wildman–Crippen LogP) is 0.216. The van der Waals surface area contributed by atoms with Crippen LogP contribution in [0.1, 0.15) is 0 Å². The molecule has 0 fully saturated rings. The first-order chi connectivity index (χ1) is 3.81. The third-order valence-corrected chi connectivity index (χ3v) is 1.21. The quantitative estimate of drug-likeness (QED) is 0.447. The van der Waals surface area contributed by atoms with E-state index in [4.69, 9.17) is 0 Å². The molecule has 8 heavy (non-hydrogen) atoms. The lowest BCUT2D eigenvalue weighted by Crippen LogP contribution is -2.07. The summed E-state index contributed by atoms with van der Waals surface area (Å²) in [7, 11) is 0.839. The Morgan fingerprint density at radius 2 is 2.38 bits per heavy atom. The van der Waals surface area contributed by atoms with Gasteiger partial charge in [-0.15, -0.1) is 0 Å². The zero-order valence-electron chi connectivity index (χ0n) is 4.93. The first-order valence-electron chi connectivity index (χ1n) is 2.16. The average molecular weight is 139 g/mol. The minimum absolute atomic E-state index is 0.269.